The van der Waals surface area contributed by atoms with E-state index in [2.05, 4.69) is 79.8 Å². The number of hydrogen-bond acceptors (Lipinski definition) is 24. The fourth-order valence-electron chi connectivity index (χ4n) is 18.3. The van der Waals surface area contributed by atoms with Gasteiger partial charge in [0.2, 0.25) is 100 Å². The Balaban J connectivity index is 1.05. The van der Waals surface area contributed by atoms with Crippen LogP contribution in [-0.4, -0.2) is 271 Å². The fourth-order valence-corrected chi connectivity index (χ4v) is 20.0. The number of rotatable bonds is 17. The number of cyclic esters (lactones) is 1. The van der Waals surface area contributed by atoms with Gasteiger partial charge in [-0.1, -0.05) is 106 Å². The third kappa shape index (κ3) is 32.7. The summed E-state index contributed by atoms with van der Waals surface area (Å²) < 4.78 is 6.71. The van der Waals surface area contributed by atoms with E-state index >= 15 is 43.2 Å². The van der Waals surface area contributed by atoms with Crippen LogP contribution < -0.4 is 85.5 Å². The van der Waals surface area contributed by atoms with E-state index in [0.717, 1.165) is 9.60 Å². The standard InChI is InChI=1S/C102H134N18O25S2/c1-59(81(103)127)105-83(129)69-35-36-78(122)104-43-24-20-33-68-89(135)118-101(95(142)113-71(51-64-37-47-146-56-64)85(131)111-73(86(132)108-69)52-66-57-147-77-34-19-18-32-67(66)77)42-45-119(58-101)97(144)145-46-25-14-10-9-11-21-38-100(39-22-12-13-23-40-102(41-27-44-120(102)61(3)121)96(143)115-75(54-80(125)126)88(134)112-76(91(137)117-100)55-98(4,5)6)94(141)114-74(53-79(123)124)87(133)110-72(50-63-30-26-31-65(48-63)92(138)139)90(136)116-99(7,8)93(140)106-60(2)82(128)109-70(84(130)107-68)49-62-28-16-15-17-29-62/h9-10,13,15-19,23,26,28-32,34,37,47-48,56-57,59-60,68-76H,11-12,14,20-22,24-25,27,33,35-36,38-46,49-55,58H2,1-8H3,(H2,103,127)(H,104,122)(H,105,129)(H,106,140)(H,107,130)(H,108,132)(H,109,128)(H,110,133)(H,111,131)(H,112,134)(H,113,142)(H,114,141)(H,115,143)(H,116,136)(H,117,137)(H,118,135)(H,123,124)(H,125,126)(H,138,139)/b10-9+,23-13-/t59-,60-,68-,69-,70-,71-,72-,73-,74-,75-,76-,100-,101-,102-/m0/s1. The molecule has 20 N–H and O–H groups in total. The number of carboxylic acids is 3. The average molecular weight is 2080 g/mol. The van der Waals surface area contributed by atoms with Gasteiger partial charge >= 0.3 is 24.0 Å². The van der Waals surface area contributed by atoms with Crippen LogP contribution >= 0.6 is 22.7 Å². The number of likely N-dealkylation sites (tertiary alicyclic amines) is 1. The van der Waals surface area contributed by atoms with E-state index in [4.69, 9.17) is 10.5 Å². The molecule has 3 bridgehead atoms. The lowest BCUT2D eigenvalue weighted by Crippen LogP contribution is -2.66. The van der Waals surface area contributed by atoms with Gasteiger partial charge in [0.25, 0.3) is 0 Å². The molecule has 5 aromatic rings. The molecule has 0 radical (unpaired) electrons. The second-order valence-electron chi connectivity index (χ2n) is 39.7. The molecule has 2 aromatic heterocycles. The monoisotopic (exact) mass is 2070 g/mol. The number of nitrogens with zero attached hydrogens (tertiary/aromatic N) is 2. The Morgan fingerprint density at radius 3 is 1.75 bits per heavy atom. The first-order valence-corrected chi connectivity index (χ1v) is 51.1. The van der Waals surface area contributed by atoms with Gasteiger partial charge in [-0.3, -0.25) is 91.1 Å². The van der Waals surface area contributed by atoms with Crippen LogP contribution in [-0.2, 0) is 122 Å². The molecule has 14 atom stereocenters. The minimum Gasteiger partial charge on any atom is -0.481 e. The molecule has 794 valence electrons. The highest BCUT2D eigenvalue weighted by Crippen LogP contribution is 2.36. The number of fused-ring (bicyclic) bond motifs is 4. The van der Waals surface area contributed by atoms with Crippen LogP contribution in [0, 0.1) is 5.41 Å². The number of primary amides is 1. The zero-order valence-electron chi connectivity index (χ0n) is 83.6. The van der Waals surface area contributed by atoms with Gasteiger partial charge in [0, 0.05) is 63.4 Å². The normalized spacial score (nSPS) is 26.6. The smallest absolute Gasteiger partial charge is 0.409 e. The molecule has 3 spiro atoms. The van der Waals surface area contributed by atoms with Gasteiger partial charge in [0.15, 0.2) is 0 Å². The maximum absolute atomic E-state index is 16.1. The van der Waals surface area contributed by atoms with Crippen LogP contribution in [0.5, 0.6) is 0 Å². The molecule has 0 unspecified atom stereocenters. The summed E-state index contributed by atoms with van der Waals surface area (Å²) in [7, 11) is 0. The number of nitrogens with two attached hydrogens (primary N) is 1. The van der Waals surface area contributed by atoms with Crippen molar-refractivity contribution in [3.63, 3.8) is 0 Å². The van der Waals surface area contributed by atoms with E-state index in [1.807, 2.05) is 18.2 Å². The van der Waals surface area contributed by atoms with Gasteiger partial charge < -0.3 is 115 Å². The zero-order chi connectivity index (χ0) is 107. The number of aliphatic carboxylic acids is 2. The van der Waals surface area contributed by atoms with Crippen molar-refractivity contribution in [3.8, 4) is 0 Å². The highest BCUT2D eigenvalue weighted by atomic mass is 32.1. The van der Waals surface area contributed by atoms with Gasteiger partial charge in [0.05, 0.1) is 31.6 Å². The lowest BCUT2D eigenvalue weighted by atomic mass is 9.83. The minimum absolute atomic E-state index is 0.00271. The van der Waals surface area contributed by atoms with Crippen molar-refractivity contribution >= 4 is 157 Å². The Morgan fingerprint density at radius 1 is 0.531 bits per heavy atom. The lowest BCUT2D eigenvalue weighted by Gasteiger charge is -2.38. The second kappa shape index (κ2) is 52.5. The van der Waals surface area contributed by atoms with Crippen molar-refractivity contribution in [2.75, 3.05) is 32.8 Å². The molecule has 7 heterocycles. The van der Waals surface area contributed by atoms with Crippen LogP contribution in [0.1, 0.15) is 216 Å². The largest absolute Gasteiger partial charge is 0.481 e. The summed E-state index contributed by atoms with van der Waals surface area (Å²) >= 11 is 2.61. The SMILES string of the molecule is CC(=O)N1CCC[C@]12C/C=C\CCC[C@]1(CCC/C=C/CCCOC(=O)N3CC[C@@]4(C3)NC(=O)[C@H](CCCCNC(=O)CC[C@@H](C(=O)N[C@@H](C)C(N)=O)NC(=O)[C@H](Cc3csc5ccccc35)NC(=O)[C@H](Cc3ccsc3)NC4=O)NC(=O)[C@H](Cc3ccccc3)NC(=O)[C@H](C)NC(=O)C(C)(C)NC(=O)[C@H](Cc3cccc(C(=O)O)c3)NC(=O)[C@H](CC(=O)O)NC1=O)NC(=O)[C@H](CC(C)(C)C)NC(=O)[C@H](CC(=O)O)NC2=O. The van der Waals surface area contributed by atoms with E-state index in [1.54, 1.807) is 104 Å². The highest BCUT2D eigenvalue weighted by molar-refractivity contribution is 7.17. The molecule has 0 saturated carbocycles. The van der Waals surface area contributed by atoms with E-state index < -0.39 is 251 Å². The number of nitrogens with one attached hydrogen (secondary N) is 15. The fraction of sp³-hybridized carbons (Fsp3) is 0.520. The van der Waals surface area contributed by atoms with E-state index in [0.29, 0.717) is 28.5 Å². The quantitative estimate of drug-likeness (QED) is 0.0595. The van der Waals surface area contributed by atoms with Crippen molar-refractivity contribution < 1.29 is 121 Å². The molecule has 5 aliphatic heterocycles. The number of amides is 18. The van der Waals surface area contributed by atoms with Gasteiger partial charge in [-0.05, 0) is 210 Å². The molecule has 5 aliphatic rings. The van der Waals surface area contributed by atoms with Crippen molar-refractivity contribution in [1.29, 1.82) is 0 Å². The zero-order valence-corrected chi connectivity index (χ0v) is 85.2. The molecule has 3 fully saturated rings. The van der Waals surface area contributed by atoms with Crippen LogP contribution in [0.4, 0.5) is 4.79 Å². The van der Waals surface area contributed by atoms with E-state index in [-0.39, 0.29) is 159 Å². The Kier molecular flexibility index (Phi) is 40.9. The number of carbonyl (C=O) groups excluding carboxylic acids is 18. The number of allylic oxidation sites excluding steroid dienone is 3. The van der Waals surface area contributed by atoms with Gasteiger partial charge in [0.1, 0.15) is 88.6 Å². The third-order valence-corrected chi connectivity index (χ3v) is 28.2. The molecule has 147 heavy (non-hydrogen) atoms. The molecular formula is C102H134N18O25S2. The van der Waals surface area contributed by atoms with E-state index in [9.17, 15) is 72.9 Å². The first-order chi connectivity index (χ1) is 69.7. The van der Waals surface area contributed by atoms with Crippen molar-refractivity contribution in [2.45, 2.75) is 298 Å². The first-order valence-electron chi connectivity index (χ1n) is 49.3. The number of thiophene rings is 2. The summed E-state index contributed by atoms with van der Waals surface area (Å²) in [5.74, 6) is -21.3. The van der Waals surface area contributed by atoms with E-state index in [1.165, 1.54) is 86.5 Å². The Labute approximate surface area is 858 Å². The predicted molar refractivity (Wildman–Crippen MR) is 538 cm³/mol. The molecule has 0 aliphatic carbocycles. The summed E-state index contributed by atoms with van der Waals surface area (Å²) in [5.41, 5.74) is -2.12. The number of hydrogen-bond donors (Lipinski definition) is 19. The minimum atomic E-state index is -2.23. The van der Waals surface area contributed by atoms with Crippen molar-refractivity contribution in [2.24, 2.45) is 11.1 Å². The number of benzene rings is 3. The Hall–Kier alpha value is -14.5. The predicted octanol–water partition coefficient (Wildman–Crippen LogP) is 2.73. The van der Waals surface area contributed by atoms with Crippen molar-refractivity contribution in [3.05, 3.63) is 153 Å². The van der Waals surface area contributed by atoms with Gasteiger partial charge in [-0.15, -0.1) is 11.3 Å². The van der Waals surface area contributed by atoms with Gasteiger partial charge in [-0.2, -0.15) is 11.3 Å². The Morgan fingerprint density at radius 2 is 1.10 bits per heavy atom. The van der Waals surface area contributed by atoms with Crippen LogP contribution in [0.15, 0.2) is 125 Å². The van der Waals surface area contributed by atoms with Crippen LogP contribution in [0.2, 0.25) is 0 Å². The van der Waals surface area contributed by atoms with Crippen LogP contribution in [0.25, 0.3) is 10.1 Å². The summed E-state index contributed by atoms with van der Waals surface area (Å²) in [6.07, 6.45) is 0.811. The molecule has 18 amide bonds. The summed E-state index contributed by atoms with van der Waals surface area (Å²) in [6, 6.07) is 3.84. The maximum atomic E-state index is 16.1. The molecule has 3 aromatic carbocycles. The topological polar surface area (TPSA) is 641 Å². The van der Waals surface area contributed by atoms with Gasteiger partial charge in [-0.25, -0.2) is 9.59 Å². The maximum Gasteiger partial charge on any atom is 0.409 e. The number of carbonyl (C=O) groups is 21. The molecule has 3 saturated heterocycles. The molecule has 45 heteroatoms. The van der Waals surface area contributed by atoms with Crippen LogP contribution in [0.3, 0.4) is 0 Å². The Bertz CT molecular complexity index is 5750. The lowest BCUT2D eigenvalue weighted by molar-refractivity contribution is -0.146. The number of aromatic carboxylic acids is 1. The summed E-state index contributed by atoms with van der Waals surface area (Å²) in [4.78, 5) is 309. The molecule has 43 nitrogen and oxygen atoms in total. The average Bonchev–Trinajstić information content (AvgIpc) is 1.63. The highest BCUT2D eigenvalue weighted by Gasteiger charge is 2.53. The summed E-state index contributed by atoms with van der Waals surface area (Å²) in [5, 5.41) is 77.1. The second-order valence-corrected chi connectivity index (χ2v) is 41.4. The third-order valence-electron chi connectivity index (χ3n) is 26.5. The number of carboxylic acid groups (broad SMARTS) is 3. The van der Waals surface area contributed by atoms with Crippen molar-refractivity contribution in [1.82, 2.24) is 89.6 Å². The summed E-state index contributed by atoms with van der Waals surface area (Å²) in [6.45, 7) is 10.2. The first kappa shape index (κ1) is 114. The molecule has 10 rings (SSSR count). The number of ether oxygens (including phenoxy) is 1. The molecular weight excluding hydrogens is 1940 g/mol.